The van der Waals surface area contributed by atoms with Gasteiger partial charge in [0.05, 0.1) is 17.6 Å². The highest BCUT2D eigenvalue weighted by molar-refractivity contribution is 5.96. The van der Waals surface area contributed by atoms with Crippen molar-refractivity contribution in [2.24, 2.45) is 0 Å². The number of methoxy groups -OCH3 is 1. The number of nitrogens with zero attached hydrogens (tertiary/aromatic N) is 1. The lowest BCUT2D eigenvalue weighted by Gasteiger charge is -2.25. The molecule has 0 fully saturated rings. The molecule has 8 heteroatoms. The highest BCUT2D eigenvalue weighted by Crippen LogP contribution is 2.29. The van der Waals surface area contributed by atoms with Crippen LogP contribution >= 0.6 is 0 Å². The zero-order chi connectivity index (χ0) is 17.8. The second-order valence-electron chi connectivity index (χ2n) is 5.81. The van der Waals surface area contributed by atoms with Crippen LogP contribution in [0.25, 0.3) is 0 Å². The van der Waals surface area contributed by atoms with Crippen LogP contribution in [0.3, 0.4) is 0 Å². The first-order valence-corrected chi connectivity index (χ1v) is 6.94. The molecule has 1 amide bonds. The molecule has 2 N–H and O–H groups in total. The van der Waals surface area contributed by atoms with Gasteiger partial charge in [0.2, 0.25) is 0 Å². The van der Waals surface area contributed by atoms with Crippen LogP contribution in [0.4, 0.5) is 5.69 Å². The predicted molar refractivity (Wildman–Crippen MR) is 82.8 cm³/mol. The van der Waals surface area contributed by atoms with Gasteiger partial charge >= 0.3 is 5.97 Å². The number of aliphatic carboxylic acids is 1. The number of hydrogen-bond acceptors (Lipinski definition) is 5. The SMILES string of the molecule is COc1cc(C(=O)NC(C)(C)CCC(=O)O)cc([N+](=O)[O-])c1C. The predicted octanol–water partition coefficient (Wildman–Crippen LogP) is 2.29. The lowest BCUT2D eigenvalue weighted by Crippen LogP contribution is -2.43. The number of carboxylic acids is 1. The number of carboxylic acid groups (broad SMARTS) is 1. The van der Waals surface area contributed by atoms with Crippen molar-refractivity contribution < 1.29 is 24.4 Å². The van der Waals surface area contributed by atoms with E-state index in [0.29, 0.717) is 5.56 Å². The number of rotatable bonds is 7. The van der Waals surface area contributed by atoms with Gasteiger partial charge in [-0.25, -0.2) is 0 Å². The summed E-state index contributed by atoms with van der Waals surface area (Å²) in [5.41, 5.74) is -0.554. The largest absolute Gasteiger partial charge is 0.496 e. The van der Waals surface area contributed by atoms with Gasteiger partial charge in [0.15, 0.2) is 0 Å². The number of nitrogens with one attached hydrogen (secondary N) is 1. The molecule has 1 aromatic carbocycles. The van der Waals surface area contributed by atoms with Gasteiger partial charge in [-0.3, -0.25) is 19.7 Å². The minimum atomic E-state index is -0.958. The average molecular weight is 324 g/mol. The summed E-state index contributed by atoms with van der Waals surface area (Å²) in [7, 11) is 1.37. The van der Waals surface area contributed by atoms with E-state index in [1.807, 2.05) is 0 Å². The first-order chi connectivity index (χ1) is 10.6. The van der Waals surface area contributed by atoms with E-state index in [2.05, 4.69) is 5.32 Å². The van der Waals surface area contributed by atoms with Crippen molar-refractivity contribution in [2.45, 2.75) is 39.2 Å². The van der Waals surface area contributed by atoms with Gasteiger partial charge < -0.3 is 15.2 Å². The van der Waals surface area contributed by atoms with Crippen LogP contribution in [-0.2, 0) is 4.79 Å². The lowest BCUT2D eigenvalue weighted by atomic mass is 9.97. The monoisotopic (exact) mass is 324 g/mol. The van der Waals surface area contributed by atoms with Gasteiger partial charge in [-0.1, -0.05) is 0 Å². The molecule has 0 aliphatic carbocycles. The minimum absolute atomic E-state index is 0.0857. The van der Waals surface area contributed by atoms with E-state index < -0.39 is 22.3 Å². The molecule has 0 saturated heterocycles. The molecule has 8 nitrogen and oxygen atoms in total. The van der Waals surface area contributed by atoms with Crippen LogP contribution in [0.1, 0.15) is 42.6 Å². The Labute approximate surface area is 133 Å². The van der Waals surface area contributed by atoms with Gasteiger partial charge in [0.25, 0.3) is 11.6 Å². The van der Waals surface area contributed by atoms with Crippen molar-refractivity contribution in [3.05, 3.63) is 33.4 Å². The standard InChI is InChI=1S/C15H20N2O6/c1-9-11(17(21)22)7-10(8-12(9)23-4)14(20)16-15(2,3)6-5-13(18)19/h7-8H,5-6H2,1-4H3,(H,16,20)(H,18,19). The summed E-state index contributed by atoms with van der Waals surface area (Å²) in [5.74, 6) is -1.24. The second-order valence-corrected chi connectivity index (χ2v) is 5.81. The van der Waals surface area contributed by atoms with E-state index in [4.69, 9.17) is 9.84 Å². The molecule has 0 aliphatic rings. The van der Waals surface area contributed by atoms with Crippen LogP contribution in [0.5, 0.6) is 5.75 Å². The van der Waals surface area contributed by atoms with E-state index in [9.17, 15) is 19.7 Å². The fraction of sp³-hybridized carbons (Fsp3) is 0.467. The minimum Gasteiger partial charge on any atom is -0.496 e. The Morgan fingerprint density at radius 1 is 1.39 bits per heavy atom. The maximum absolute atomic E-state index is 12.3. The zero-order valence-corrected chi connectivity index (χ0v) is 13.5. The third-order valence-corrected chi connectivity index (χ3v) is 3.43. The Bertz CT molecular complexity index is 639. The molecule has 126 valence electrons. The van der Waals surface area contributed by atoms with Gasteiger partial charge in [0.1, 0.15) is 5.75 Å². The van der Waals surface area contributed by atoms with E-state index in [0.717, 1.165) is 0 Å². The van der Waals surface area contributed by atoms with Crippen LogP contribution in [0.2, 0.25) is 0 Å². The number of benzene rings is 1. The van der Waals surface area contributed by atoms with E-state index in [1.165, 1.54) is 26.2 Å². The number of carbonyl (C=O) groups is 2. The molecule has 1 rings (SSSR count). The number of carbonyl (C=O) groups excluding carboxylic acids is 1. The summed E-state index contributed by atoms with van der Waals surface area (Å²) in [5, 5.41) is 22.5. The second kappa shape index (κ2) is 7.08. The summed E-state index contributed by atoms with van der Waals surface area (Å²) < 4.78 is 5.07. The Hall–Kier alpha value is -2.64. The number of hydrogen-bond donors (Lipinski definition) is 2. The highest BCUT2D eigenvalue weighted by atomic mass is 16.6. The molecule has 23 heavy (non-hydrogen) atoms. The first kappa shape index (κ1) is 18.4. The maximum atomic E-state index is 12.3. The molecule has 1 aromatic rings. The highest BCUT2D eigenvalue weighted by Gasteiger charge is 2.25. The van der Waals surface area contributed by atoms with Crippen molar-refractivity contribution in [1.82, 2.24) is 5.32 Å². The molecule has 0 saturated carbocycles. The molecule has 0 bridgehead atoms. The third-order valence-electron chi connectivity index (χ3n) is 3.43. The van der Waals surface area contributed by atoms with Gasteiger partial charge in [-0.2, -0.15) is 0 Å². The Morgan fingerprint density at radius 3 is 2.48 bits per heavy atom. The lowest BCUT2D eigenvalue weighted by molar-refractivity contribution is -0.385. The summed E-state index contributed by atoms with van der Waals surface area (Å²) >= 11 is 0. The number of amides is 1. The van der Waals surface area contributed by atoms with Gasteiger partial charge in [0, 0.05) is 23.6 Å². The zero-order valence-electron chi connectivity index (χ0n) is 13.5. The average Bonchev–Trinajstić information content (AvgIpc) is 2.44. The Balaban J connectivity index is 3.06. The van der Waals surface area contributed by atoms with E-state index in [-0.39, 0.29) is 29.8 Å². The van der Waals surface area contributed by atoms with Gasteiger partial charge in [-0.15, -0.1) is 0 Å². The quantitative estimate of drug-likeness (QED) is 0.586. The molecular weight excluding hydrogens is 304 g/mol. The molecule has 0 aliphatic heterocycles. The van der Waals surface area contributed by atoms with Crippen molar-refractivity contribution in [2.75, 3.05) is 7.11 Å². The Kier molecular flexibility index (Phi) is 5.67. The van der Waals surface area contributed by atoms with Crippen LogP contribution in [-0.4, -0.2) is 34.6 Å². The van der Waals surface area contributed by atoms with E-state index >= 15 is 0 Å². The number of ether oxygens (including phenoxy) is 1. The normalized spacial score (nSPS) is 11.0. The summed E-state index contributed by atoms with van der Waals surface area (Å²) in [6.07, 6.45) is 0.143. The van der Waals surface area contributed by atoms with Gasteiger partial charge in [-0.05, 0) is 33.3 Å². The molecule has 0 radical (unpaired) electrons. The summed E-state index contributed by atoms with van der Waals surface area (Å²) in [6.45, 7) is 4.91. The van der Waals surface area contributed by atoms with Crippen molar-refractivity contribution >= 4 is 17.6 Å². The topological polar surface area (TPSA) is 119 Å². The molecular formula is C15H20N2O6. The third kappa shape index (κ3) is 4.94. The van der Waals surface area contributed by atoms with E-state index in [1.54, 1.807) is 13.8 Å². The molecule has 0 spiro atoms. The summed E-state index contributed by atoms with van der Waals surface area (Å²) in [6, 6.07) is 2.60. The van der Waals surface area contributed by atoms with Crippen LogP contribution in [0.15, 0.2) is 12.1 Å². The maximum Gasteiger partial charge on any atom is 0.303 e. The smallest absolute Gasteiger partial charge is 0.303 e. The van der Waals surface area contributed by atoms with Crippen molar-refractivity contribution in [1.29, 1.82) is 0 Å². The molecule has 0 aromatic heterocycles. The number of nitro groups is 1. The van der Waals surface area contributed by atoms with Crippen LogP contribution in [0, 0.1) is 17.0 Å². The fourth-order valence-corrected chi connectivity index (χ4v) is 2.07. The molecule has 0 unspecified atom stereocenters. The van der Waals surface area contributed by atoms with Crippen molar-refractivity contribution in [3.63, 3.8) is 0 Å². The first-order valence-electron chi connectivity index (χ1n) is 6.94. The van der Waals surface area contributed by atoms with Crippen molar-refractivity contribution in [3.8, 4) is 5.75 Å². The fourth-order valence-electron chi connectivity index (χ4n) is 2.07. The molecule has 0 atom stereocenters. The Morgan fingerprint density at radius 2 is 2.00 bits per heavy atom. The van der Waals surface area contributed by atoms with Crippen LogP contribution < -0.4 is 10.1 Å². The summed E-state index contributed by atoms with van der Waals surface area (Å²) in [4.78, 5) is 33.5. The number of nitro benzene ring substituents is 1. The molecule has 0 heterocycles.